The second-order valence-electron chi connectivity index (χ2n) is 5.76. The van der Waals surface area contributed by atoms with Gasteiger partial charge in [0.1, 0.15) is 0 Å². The number of likely N-dealkylation sites (N-methyl/N-ethyl adjacent to an activating group) is 1. The van der Waals surface area contributed by atoms with Crippen LogP contribution in [0.3, 0.4) is 0 Å². The molecule has 0 heterocycles. The number of hydrogen-bond donors (Lipinski definition) is 2. The van der Waals surface area contributed by atoms with Crippen molar-refractivity contribution in [3.05, 3.63) is 60.7 Å². The zero-order chi connectivity index (χ0) is 17.5. The van der Waals surface area contributed by atoms with Crippen LogP contribution < -0.4 is 10.6 Å². The van der Waals surface area contributed by atoms with Crippen LogP contribution >= 0.6 is 0 Å². The Morgan fingerprint density at radius 3 is 2.46 bits per heavy atom. The quantitative estimate of drug-likeness (QED) is 0.629. The summed E-state index contributed by atoms with van der Waals surface area (Å²) in [5.74, 6) is -1.28. The predicted molar refractivity (Wildman–Crippen MR) is 96.6 cm³/mol. The Labute approximate surface area is 142 Å². The van der Waals surface area contributed by atoms with Crippen molar-refractivity contribution in [2.75, 3.05) is 27.2 Å². The van der Waals surface area contributed by atoms with Gasteiger partial charge in [0.2, 0.25) is 0 Å². The van der Waals surface area contributed by atoms with Crippen LogP contribution in [0.25, 0.3) is 10.8 Å². The SMILES string of the molecule is C=CCNC(=O)C(=O)NCC(c1cccc2ccccc12)N(C)C. The van der Waals surface area contributed by atoms with Gasteiger partial charge in [-0.15, -0.1) is 6.58 Å². The van der Waals surface area contributed by atoms with Crippen LogP contribution in [0.15, 0.2) is 55.1 Å². The minimum absolute atomic E-state index is 0.0349. The summed E-state index contributed by atoms with van der Waals surface area (Å²) in [6.45, 7) is 4.12. The van der Waals surface area contributed by atoms with Gasteiger partial charge in [-0.25, -0.2) is 0 Å². The number of amides is 2. The predicted octanol–water partition coefficient (Wildman–Crippen LogP) is 1.86. The van der Waals surface area contributed by atoms with E-state index in [2.05, 4.69) is 41.5 Å². The molecule has 2 aromatic rings. The lowest BCUT2D eigenvalue weighted by Crippen LogP contribution is -2.43. The minimum Gasteiger partial charge on any atom is -0.346 e. The van der Waals surface area contributed by atoms with Crippen LogP contribution in [0.1, 0.15) is 11.6 Å². The summed E-state index contributed by atoms with van der Waals surface area (Å²) in [6, 6.07) is 14.2. The summed E-state index contributed by atoms with van der Waals surface area (Å²) in [6.07, 6.45) is 1.53. The number of rotatable bonds is 6. The van der Waals surface area contributed by atoms with Gasteiger partial charge in [0, 0.05) is 13.1 Å². The molecule has 0 aromatic heterocycles. The Bertz CT molecular complexity index is 735. The van der Waals surface area contributed by atoms with Crippen LogP contribution in [0.5, 0.6) is 0 Å². The number of fused-ring (bicyclic) bond motifs is 1. The first kappa shape index (κ1) is 17.7. The minimum atomic E-state index is -0.648. The maximum Gasteiger partial charge on any atom is 0.309 e. The van der Waals surface area contributed by atoms with Crippen molar-refractivity contribution in [2.24, 2.45) is 0 Å². The summed E-state index contributed by atoms with van der Waals surface area (Å²) in [5.41, 5.74) is 1.12. The Balaban J connectivity index is 2.16. The molecule has 2 N–H and O–H groups in total. The fourth-order valence-electron chi connectivity index (χ4n) is 2.63. The van der Waals surface area contributed by atoms with Crippen molar-refractivity contribution in [2.45, 2.75) is 6.04 Å². The van der Waals surface area contributed by atoms with Gasteiger partial charge in [0.05, 0.1) is 6.04 Å². The monoisotopic (exact) mass is 325 g/mol. The first-order chi connectivity index (χ1) is 11.5. The highest BCUT2D eigenvalue weighted by molar-refractivity contribution is 6.35. The fraction of sp³-hybridized carbons (Fsp3) is 0.263. The van der Waals surface area contributed by atoms with Crippen LogP contribution in [-0.2, 0) is 9.59 Å². The summed E-state index contributed by atoms with van der Waals surface area (Å²) < 4.78 is 0. The molecule has 0 aliphatic rings. The van der Waals surface area contributed by atoms with E-state index >= 15 is 0 Å². The fourth-order valence-corrected chi connectivity index (χ4v) is 2.63. The van der Waals surface area contributed by atoms with Gasteiger partial charge < -0.3 is 15.5 Å². The van der Waals surface area contributed by atoms with E-state index in [9.17, 15) is 9.59 Å². The van der Waals surface area contributed by atoms with Gasteiger partial charge in [-0.1, -0.05) is 48.5 Å². The van der Waals surface area contributed by atoms with Crippen LogP contribution in [0.4, 0.5) is 0 Å². The molecule has 2 aromatic carbocycles. The van der Waals surface area contributed by atoms with Crippen LogP contribution in [-0.4, -0.2) is 43.9 Å². The number of carbonyl (C=O) groups excluding carboxylic acids is 2. The molecule has 0 bridgehead atoms. The first-order valence-corrected chi connectivity index (χ1v) is 7.85. The molecule has 5 nitrogen and oxygen atoms in total. The van der Waals surface area contributed by atoms with Gasteiger partial charge >= 0.3 is 11.8 Å². The molecule has 1 unspecified atom stereocenters. The second kappa shape index (κ2) is 8.26. The highest BCUT2D eigenvalue weighted by Crippen LogP contribution is 2.26. The van der Waals surface area contributed by atoms with Gasteiger partial charge in [-0.2, -0.15) is 0 Å². The molecule has 0 spiro atoms. The Hall–Kier alpha value is -2.66. The van der Waals surface area contributed by atoms with E-state index in [4.69, 9.17) is 0 Å². The molecule has 0 radical (unpaired) electrons. The maximum absolute atomic E-state index is 11.9. The van der Waals surface area contributed by atoms with Gasteiger partial charge in [0.15, 0.2) is 0 Å². The van der Waals surface area contributed by atoms with E-state index in [1.807, 2.05) is 37.2 Å². The number of hydrogen-bond acceptors (Lipinski definition) is 3. The molecule has 0 saturated heterocycles. The summed E-state index contributed by atoms with van der Waals surface area (Å²) in [4.78, 5) is 25.6. The number of benzene rings is 2. The van der Waals surface area contributed by atoms with Crippen molar-refractivity contribution in [1.29, 1.82) is 0 Å². The van der Waals surface area contributed by atoms with Crippen molar-refractivity contribution < 1.29 is 9.59 Å². The molecule has 24 heavy (non-hydrogen) atoms. The third-order valence-corrected chi connectivity index (χ3v) is 3.87. The normalized spacial score (nSPS) is 12.0. The van der Waals surface area contributed by atoms with Gasteiger partial charge in [0.25, 0.3) is 0 Å². The highest BCUT2D eigenvalue weighted by Gasteiger charge is 2.19. The lowest BCUT2D eigenvalue weighted by Gasteiger charge is -2.26. The van der Waals surface area contributed by atoms with Crippen molar-refractivity contribution in [3.63, 3.8) is 0 Å². The molecular formula is C19H23N3O2. The zero-order valence-corrected chi connectivity index (χ0v) is 14.1. The van der Waals surface area contributed by atoms with Crippen LogP contribution in [0, 0.1) is 0 Å². The molecular weight excluding hydrogens is 302 g/mol. The molecule has 0 aliphatic carbocycles. The molecule has 1 atom stereocenters. The van der Waals surface area contributed by atoms with Gasteiger partial charge in [-0.05, 0) is 30.4 Å². The molecule has 2 amide bonds. The Kier molecular flexibility index (Phi) is 6.09. The smallest absolute Gasteiger partial charge is 0.309 e. The number of nitrogens with zero attached hydrogens (tertiary/aromatic N) is 1. The van der Waals surface area contributed by atoms with E-state index < -0.39 is 11.8 Å². The van der Waals surface area contributed by atoms with E-state index in [-0.39, 0.29) is 12.6 Å². The van der Waals surface area contributed by atoms with Crippen LogP contribution in [0.2, 0.25) is 0 Å². The summed E-state index contributed by atoms with van der Waals surface area (Å²) in [7, 11) is 3.91. The highest BCUT2D eigenvalue weighted by atomic mass is 16.2. The first-order valence-electron chi connectivity index (χ1n) is 7.85. The van der Waals surface area contributed by atoms with Crippen molar-refractivity contribution >= 4 is 22.6 Å². The molecule has 5 heteroatoms. The average Bonchev–Trinajstić information content (AvgIpc) is 2.59. The summed E-state index contributed by atoms with van der Waals surface area (Å²) >= 11 is 0. The Morgan fingerprint density at radius 1 is 1.08 bits per heavy atom. The third-order valence-electron chi connectivity index (χ3n) is 3.87. The van der Waals surface area contributed by atoms with E-state index in [1.165, 1.54) is 6.08 Å². The molecule has 0 aliphatic heterocycles. The average molecular weight is 325 g/mol. The molecule has 2 rings (SSSR count). The van der Waals surface area contributed by atoms with Crippen molar-refractivity contribution in [3.8, 4) is 0 Å². The Morgan fingerprint density at radius 2 is 1.75 bits per heavy atom. The van der Waals surface area contributed by atoms with E-state index in [0.29, 0.717) is 6.54 Å². The standard InChI is InChI=1S/C19H23N3O2/c1-4-12-20-18(23)19(24)21-13-17(22(2)3)16-11-7-9-14-8-5-6-10-15(14)16/h4-11,17H,1,12-13H2,2-3H3,(H,20,23)(H,21,24). The van der Waals surface area contributed by atoms with E-state index in [0.717, 1.165) is 16.3 Å². The maximum atomic E-state index is 11.9. The van der Waals surface area contributed by atoms with Gasteiger partial charge in [-0.3, -0.25) is 9.59 Å². The zero-order valence-electron chi connectivity index (χ0n) is 14.1. The second-order valence-corrected chi connectivity index (χ2v) is 5.76. The number of nitrogens with one attached hydrogen (secondary N) is 2. The lowest BCUT2D eigenvalue weighted by molar-refractivity contribution is -0.139. The van der Waals surface area contributed by atoms with E-state index in [1.54, 1.807) is 0 Å². The molecule has 0 fully saturated rings. The largest absolute Gasteiger partial charge is 0.346 e. The summed E-state index contributed by atoms with van der Waals surface area (Å²) in [5, 5.41) is 7.47. The topological polar surface area (TPSA) is 61.4 Å². The van der Waals surface area contributed by atoms with Crippen molar-refractivity contribution in [1.82, 2.24) is 15.5 Å². The molecule has 0 saturated carbocycles. The molecule has 126 valence electrons. The lowest BCUT2D eigenvalue weighted by atomic mass is 9.98. The third kappa shape index (κ3) is 4.20. The number of carbonyl (C=O) groups is 2.